The van der Waals surface area contributed by atoms with Crippen LogP contribution in [0.15, 0.2) is 73.2 Å². The van der Waals surface area contributed by atoms with E-state index in [1.807, 2.05) is 41.7 Å². The number of nitrogens with one attached hydrogen (secondary N) is 1. The number of rotatable bonds is 14. The summed E-state index contributed by atoms with van der Waals surface area (Å²) in [5, 5.41) is 4.53. The summed E-state index contributed by atoms with van der Waals surface area (Å²) in [4.78, 5) is 76.4. The Morgan fingerprint density at radius 3 is 2.44 bits per heavy atom. The number of piperidine rings is 1. The SMILES string of the molecule is CN(CCOC1CN(c2ccc3c(c2)C(=O)N(C2CCC(=O)NC2=O)C3=O)C1)C(=O)CCCO[C@H]1C[C@H](Oc2ccc(-c3ccc4c5cnccc5n(C)c4c3)cn2)C1. The van der Waals surface area contributed by atoms with Crippen molar-refractivity contribution in [3.05, 3.63) is 84.3 Å². The largest absolute Gasteiger partial charge is 0.474 e. The van der Waals surface area contributed by atoms with Gasteiger partial charge in [-0.3, -0.25) is 39.2 Å². The van der Waals surface area contributed by atoms with Crippen molar-refractivity contribution in [2.45, 2.75) is 62.9 Å². The Bertz CT molecular complexity index is 2470. The molecule has 1 saturated carbocycles. The average molecular weight is 800 g/mol. The van der Waals surface area contributed by atoms with Crippen molar-refractivity contribution in [3.8, 4) is 17.0 Å². The molecule has 3 aromatic heterocycles. The molecule has 59 heavy (non-hydrogen) atoms. The van der Waals surface area contributed by atoms with E-state index in [0.29, 0.717) is 51.6 Å². The second kappa shape index (κ2) is 15.9. The van der Waals surface area contributed by atoms with Crippen molar-refractivity contribution in [3.63, 3.8) is 0 Å². The molecule has 1 N–H and O–H groups in total. The number of nitrogens with zero attached hydrogens (tertiary/aromatic N) is 6. The lowest BCUT2D eigenvalue weighted by atomic mass is 9.92. The van der Waals surface area contributed by atoms with Crippen molar-refractivity contribution in [1.29, 1.82) is 0 Å². The number of hydrogen-bond donors (Lipinski definition) is 1. The molecule has 6 heterocycles. The highest BCUT2D eigenvalue weighted by molar-refractivity contribution is 6.23. The van der Waals surface area contributed by atoms with Crippen LogP contribution in [0.4, 0.5) is 5.69 Å². The number of ether oxygens (including phenoxy) is 3. The second-order valence-electron chi connectivity index (χ2n) is 15.8. The highest BCUT2D eigenvalue weighted by atomic mass is 16.5. The van der Waals surface area contributed by atoms with Crippen LogP contribution in [0.25, 0.3) is 32.9 Å². The predicted molar refractivity (Wildman–Crippen MR) is 217 cm³/mol. The minimum Gasteiger partial charge on any atom is -0.474 e. The zero-order valence-corrected chi connectivity index (χ0v) is 33.0. The summed E-state index contributed by atoms with van der Waals surface area (Å²) < 4.78 is 20.3. The molecule has 0 radical (unpaired) electrons. The number of benzene rings is 2. The zero-order chi connectivity index (χ0) is 40.8. The molecule has 2 saturated heterocycles. The fourth-order valence-electron chi connectivity index (χ4n) is 8.33. The minimum absolute atomic E-state index is 0.0296. The van der Waals surface area contributed by atoms with Gasteiger partial charge in [0.2, 0.25) is 23.6 Å². The number of anilines is 1. The van der Waals surface area contributed by atoms with Gasteiger partial charge in [-0.1, -0.05) is 12.1 Å². The summed E-state index contributed by atoms with van der Waals surface area (Å²) in [5.41, 5.74) is 5.68. The van der Waals surface area contributed by atoms with Crippen LogP contribution in [-0.4, -0.2) is 118 Å². The number of fused-ring (bicyclic) bond motifs is 4. The number of hydrogen-bond acceptors (Lipinski definition) is 11. The van der Waals surface area contributed by atoms with Crippen molar-refractivity contribution < 1.29 is 38.2 Å². The van der Waals surface area contributed by atoms with Crippen LogP contribution in [0.3, 0.4) is 0 Å². The number of amides is 5. The highest BCUT2D eigenvalue weighted by Crippen LogP contribution is 2.34. The van der Waals surface area contributed by atoms with E-state index >= 15 is 0 Å². The standard InChI is InChI=1S/C44H45N7O8/c1-48(15-17-58-31-24-50(25-31)28-7-9-33-34(19-28)44(56)51(43(33)55)37-10-11-39(52)47-42(37)54)41(53)4-3-16-57-29-20-30(21-29)59-40-12-6-27(22-46-40)26-5-8-32-35-23-45-14-13-36(35)49(2)38(32)18-26/h5-9,12-14,18-19,22-23,29-31,37H,3-4,10-11,15-17,20-21,24-25H2,1-2H3,(H,47,52,54)/t29-,30-,37?. The smallest absolute Gasteiger partial charge is 0.262 e. The second-order valence-corrected chi connectivity index (χ2v) is 15.8. The van der Waals surface area contributed by atoms with Gasteiger partial charge in [0, 0.05) is 118 Å². The maximum atomic E-state index is 13.2. The molecule has 1 unspecified atom stereocenters. The van der Waals surface area contributed by atoms with E-state index in [4.69, 9.17) is 14.2 Å². The van der Waals surface area contributed by atoms with Crippen molar-refractivity contribution >= 4 is 57.0 Å². The van der Waals surface area contributed by atoms with Crippen LogP contribution in [0.5, 0.6) is 5.88 Å². The van der Waals surface area contributed by atoms with Crippen molar-refractivity contribution in [1.82, 2.24) is 29.7 Å². The lowest BCUT2D eigenvalue weighted by Gasteiger charge is -2.41. The first-order valence-corrected chi connectivity index (χ1v) is 20.1. The topological polar surface area (TPSA) is 166 Å². The fraction of sp³-hybridized carbons (Fsp3) is 0.386. The van der Waals surface area contributed by atoms with Crippen molar-refractivity contribution in [2.75, 3.05) is 44.8 Å². The van der Waals surface area contributed by atoms with E-state index in [1.54, 1.807) is 30.1 Å². The van der Waals surface area contributed by atoms with Gasteiger partial charge in [-0.15, -0.1) is 0 Å². The quantitative estimate of drug-likeness (QED) is 0.126. The Hall–Kier alpha value is -6.19. The normalized spacial score (nSPS) is 20.5. The first-order valence-electron chi connectivity index (χ1n) is 20.1. The molecule has 3 fully saturated rings. The molecule has 0 spiro atoms. The molecule has 5 amide bonds. The first-order chi connectivity index (χ1) is 28.6. The Kier molecular flexibility index (Phi) is 10.3. The van der Waals surface area contributed by atoms with E-state index in [2.05, 4.69) is 45.1 Å². The maximum Gasteiger partial charge on any atom is 0.262 e. The maximum absolute atomic E-state index is 13.2. The Labute approximate surface area is 340 Å². The zero-order valence-electron chi connectivity index (χ0n) is 33.0. The van der Waals surface area contributed by atoms with Crippen LogP contribution in [-0.2, 0) is 30.9 Å². The van der Waals surface area contributed by atoms with E-state index in [-0.39, 0.29) is 48.2 Å². The van der Waals surface area contributed by atoms with Gasteiger partial charge in [0.15, 0.2) is 0 Å². The molecular weight excluding hydrogens is 755 g/mol. The number of likely N-dealkylation sites (N-methyl/N-ethyl adjacent to an activating group) is 1. The number of carbonyl (C=O) groups is 5. The molecule has 4 aliphatic rings. The number of aromatic nitrogens is 3. The lowest BCUT2D eigenvalue weighted by molar-refractivity contribution is -0.136. The molecule has 9 rings (SSSR count). The van der Waals surface area contributed by atoms with E-state index in [1.165, 1.54) is 5.39 Å². The molecule has 15 nitrogen and oxygen atoms in total. The summed E-state index contributed by atoms with van der Waals surface area (Å²) in [5.74, 6) is -1.47. The fourth-order valence-corrected chi connectivity index (χ4v) is 8.33. The molecule has 1 aliphatic carbocycles. The van der Waals surface area contributed by atoms with Gasteiger partial charge >= 0.3 is 0 Å². The molecule has 15 heteroatoms. The third-order valence-corrected chi connectivity index (χ3v) is 11.9. The van der Waals surface area contributed by atoms with Gasteiger partial charge < -0.3 is 28.6 Å². The Morgan fingerprint density at radius 2 is 1.64 bits per heavy atom. The number of imide groups is 2. The highest BCUT2D eigenvalue weighted by Gasteiger charge is 2.45. The molecule has 5 aromatic rings. The van der Waals surface area contributed by atoms with E-state index in [9.17, 15) is 24.0 Å². The van der Waals surface area contributed by atoms with Crippen LogP contribution in [0.1, 0.15) is 59.2 Å². The Morgan fingerprint density at radius 1 is 0.847 bits per heavy atom. The monoisotopic (exact) mass is 799 g/mol. The van der Waals surface area contributed by atoms with Gasteiger partial charge in [-0.25, -0.2) is 4.98 Å². The number of carbonyl (C=O) groups excluding carboxylic acids is 5. The van der Waals surface area contributed by atoms with E-state index in [0.717, 1.165) is 51.0 Å². The van der Waals surface area contributed by atoms with Gasteiger partial charge in [-0.2, -0.15) is 0 Å². The molecular formula is C44H45N7O8. The summed E-state index contributed by atoms with van der Waals surface area (Å²) >= 11 is 0. The molecule has 0 bridgehead atoms. The van der Waals surface area contributed by atoms with Gasteiger partial charge in [0.1, 0.15) is 12.1 Å². The molecule has 304 valence electrons. The van der Waals surface area contributed by atoms with Crippen LogP contribution < -0.4 is 15.0 Å². The Balaban J connectivity index is 0.642. The first kappa shape index (κ1) is 38.3. The van der Waals surface area contributed by atoms with Crippen LogP contribution in [0, 0.1) is 0 Å². The minimum atomic E-state index is -0.997. The summed E-state index contributed by atoms with van der Waals surface area (Å²) in [7, 11) is 3.85. The van der Waals surface area contributed by atoms with Crippen LogP contribution in [0.2, 0.25) is 0 Å². The number of aryl methyl sites for hydroxylation is 1. The molecule has 3 aliphatic heterocycles. The molecule has 1 atom stereocenters. The third-order valence-electron chi connectivity index (χ3n) is 11.9. The predicted octanol–water partition coefficient (Wildman–Crippen LogP) is 4.26. The third kappa shape index (κ3) is 7.51. The van der Waals surface area contributed by atoms with Gasteiger partial charge in [0.25, 0.3) is 11.8 Å². The molecule has 2 aromatic carbocycles. The van der Waals surface area contributed by atoms with Crippen LogP contribution >= 0.6 is 0 Å². The van der Waals surface area contributed by atoms with E-state index < -0.39 is 29.7 Å². The summed E-state index contributed by atoms with van der Waals surface area (Å²) in [6.45, 7) is 2.58. The lowest BCUT2D eigenvalue weighted by Crippen LogP contribution is -2.54. The van der Waals surface area contributed by atoms with Gasteiger partial charge in [-0.05, 0) is 54.8 Å². The number of pyridine rings is 2. The summed E-state index contributed by atoms with van der Waals surface area (Å²) in [6.07, 6.45) is 8.49. The average Bonchev–Trinajstić information content (AvgIpc) is 3.63. The van der Waals surface area contributed by atoms with Crippen molar-refractivity contribution in [2.24, 2.45) is 7.05 Å². The van der Waals surface area contributed by atoms with Gasteiger partial charge in [0.05, 0.1) is 35.5 Å². The summed E-state index contributed by atoms with van der Waals surface area (Å²) in [6, 6.07) is 16.5.